The molecule has 4 rings (SSSR count). The number of aliphatic hydroxyl groups excluding tert-OH is 1. The first-order chi connectivity index (χ1) is 14.9. The summed E-state index contributed by atoms with van der Waals surface area (Å²) in [6.07, 6.45) is 0.783. The molecule has 1 N–H and O–H groups in total. The Hall–Kier alpha value is -2.25. The summed E-state index contributed by atoms with van der Waals surface area (Å²) in [6, 6.07) is 8.12. The summed E-state index contributed by atoms with van der Waals surface area (Å²) in [5, 5.41) is 11.0. The number of hydrogen-bond donors (Lipinski definition) is 1. The molecule has 0 amide bonds. The Balaban J connectivity index is 2.07. The maximum absolute atomic E-state index is 13.2. The normalized spacial score (nSPS) is 19.2. The fourth-order valence-corrected chi connectivity index (χ4v) is 4.81. The molecule has 8 heteroatoms. The number of aliphatic hydroxyl groups is 1. The summed E-state index contributed by atoms with van der Waals surface area (Å²) in [5.41, 5.74) is 1.36. The minimum absolute atomic E-state index is 0.0259. The molecule has 0 bridgehead atoms. The van der Waals surface area contributed by atoms with Crippen LogP contribution in [-0.2, 0) is 0 Å². The smallest absolute Gasteiger partial charge is 0.197 e. The van der Waals surface area contributed by atoms with Crippen molar-refractivity contribution in [1.82, 2.24) is 4.90 Å². The number of nitrogens with zero attached hydrogens (tertiary/aromatic N) is 1. The van der Waals surface area contributed by atoms with E-state index >= 15 is 0 Å². The second-order valence-corrected chi connectivity index (χ2v) is 8.39. The molecular formula is C23H23Cl2NO5. The van der Waals surface area contributed by atoms with Crippen LogP contribution < -0.4 is 14.9 Å². The van der Waals surface area contributed by atoms with Crippen LogP contribution in [0.5, 0.6) is 11.5 Å². The molecule has 0 saturated carbocycles. The molecule has 31 heavy (non-hydrogen) atoms. The van der Waals surface area contributed by atoms with Crippen molar-refractivity contribution in [3.63, 3.8) is 0 Å². The lowest BCUT2D eigenvalue weighted by Gasteiger charge is -2.25. The van der Waals surface area contributed by atoms with E-state index in [2.05, 4.69) is 4.90 Å². The van der Waals surface area contributed by atoms with Gasteiger partial charge in [-0.1, -0.05) is 29.3 Å². The van der Waals surface area contributed by atoms with Crippen molar-refractivity contribution < 1.29 is 19.0 Å². The standard InChI is InChI=1S/C23H23Cl2NO5/c1-26-8-7-12(15(26)11-27)20-18(29-2)10-19(30-3)21-16(28)9-17(31-23(20)21)13-5-4-6-14(24)22(13)25/h4-6,9-10,12,15,27H,7-8,11H2,1-3H3/t12-,15+/m0/s1. The van der Waals surface area contributed by atoms with Crippen molar-refractivity contribution in [3.8, 4) is 22.8 Å². The van der Waals surface area contributed by atoms with Gasteiger partial charge in [-0.2, -0.15) is 0 Å². The van der Waals surface area contributed by atoms with Crippen molar-refractivity contribution >= 4 is 34.2 Å². The number of benzene rings is 2. The van der Waals surface area contributed by atoms with Crippen LogP contribution in [0.1, 0.15) is 17.9 Å². The lowest BCUT2D eigenvalue weighted by atomic mass is 9.89. The fraction of sp³-hybridized carbons (Fsp3) is 0.348. The number of methoxy groups -OCH3 is 2. The number of hydrogen-bond acceptors (Lipinski definition) is 6. The first kappa shape index (κ1) is 22.0. The minimum atomic E-state index is -0.264. The van der Waals surface area contributed by atoms with Crippen LogP contribution in [0.15, 0.2) is 39.5 Å². The molecule has 1 fully saturated rings. The molecule has 0 radical (unpaired) electrons. The number of likely N-dealkylation sites (N-methyl/N-ethyl adjacent to an activating group) is 1. The molecular weight excluding hydrogens is 441 g/mol. The summed E-state index contributed by atoms with van der Waals surface area (Å²) < 4.78 is 17.5. The fourth-order valence-electron chi connectivity index (χ4n) is 4.42. The van der Waals surface area contributed by atoms with Crippen LogP contribution in [0, 0.1) is 0 Å². The van der Waals surface area contributed by atoms with E-state index in [0.29, 0.717) is 43.8 Å². The lowest BCUT2D eigenvalue weighted by Crippen LogP contribution is -2.32. The third kappa shape index (κ3) is 3.68. The maximum Gasteiger partial charge on any atom is 0.197 e. The highest BCUT2D eigenvalue weighted by atomic mass is 35.5. The molecule has 2 atom stereocenters. The predicted octanol–water partition coefficient (Wildman–Crippen LogP) is 4.56. The quantitative estimate of drug-likeness (QED) is 0.597. The Kier molecular flexibility index (Phi) is 6.17. The number of ether oxygens (including phenoxy) is 2. The zero-order valence-electron chi connectivity index (χ0n) is 17.4. The molecule has 0 spiro atoms. The van der Waals surface area contributed by atoms with Crippen molar-refractivity contribution in [2.45, 2.75) is 18.4 Å². The van der Waals surface area contributed by atoms with Gasteiger partial charge in [0.1, 0.15) is 28.2 Å². The van der Waals surface area contributed by atoms with Gasteiger partial charge in [-0.05, 0) is 32.1 Å². The average molecular weight is 464 g/mol. The van der Waals surface area contributed by atoms with Gasteiger partial charge >= 0.3 is 0 Å². The molecule has 1 saturated heterocycles. The van der Waals surface area contributed by atoms with Gasteiger partial charge in [0.2, 0.25) is 0 Å². The third-order valence-electron chi connectivity index (χ3n) is 6.00. The second kappa shape index (κ2) is 8.71. The molecule has 1 aromatic heterocycles. The van der Waals surface area contributed by atoms with Gasteiger partial charge in [0.25, 0.3) is 0 Å². The van der Waals surface area contributed by atoms with E-state index in [1.165, 1.54) is 13.2 Å². The summed E-state index contributed by atoms with van der Waals surface area (Å²) in [6.45, 7) is 0.776. The first-order valence-corrected chi connectivity index (χ1v) is 10.6. The van der Waals surface area contributed by atoms with Gasteiger partial charge in [-0.25, -0.2) is 0 Å². The molecule has 3 aromatic rings. The average Bonchev–Trinajstić information content (AvgIpc) is 3.13. The van der Waals surface area contributed by atoms with Gasteiger partial charge in [0.05, 0.1) is 30.9 Å². The summed E-state index contributed by atoms with van der Waals surface area (Å²) >= 11 is 12.6. The molecule has 0 aliphatic carbocycles. The number of fused-ring (bicyclic) bond motifs is 1. The van der Waals surface area contributed by atoms with E-state index in [1.54, 1.807) is 31.4 Å². The summed E-state index contributed by atoms with van der Waals surface area (Å²) in [5.74, 6) is 1.11. The molecule has 6 nitrogen and oxygen atoms in total. The van der Waals surface area contributed by atoms with Crippen molar-refractivity contribution in [3.05, 3.63) is 56.2 Å². The predicted molar refractivity (Wildman–Crippen MR) is 122 cm³/mol. The first-order valence-electron chi connectivity index (χ1n) is 9.89. The molecule has 2 aromatic carbocycles. The molecule has 1 aliphatic heterocycles. The van der Waals surface area contributed by atoms with E-state index in [9.17, 15) is 9.90 Å². The highest BCUT2D eigenvalue weighted by Gasteiger charge is 2.37. The second-order valence-electron chi connectivity index (χ2n) is 7.60. The molecule has 2 heterocycles. The van der Waals surface area contributed by atoms with Crippen molar-refractivity contribution in [2.24, 2.45) is 0 Å². The van der Waals surface area contributed by atoms with Crippen LogP contribution in [0.25, 0.3) is 22.3 Å². The van der Waals surface area contributed by atoms with Gasteiger partial charge in [0.15, 0.2) is 5.43 Å². The largest absolute Gasteiger partial charge is 0.496 e. The minimum Gasteiger partial charge on any atom is -0.496 e. The van der Waals surface area contributed by atoms with E-state index < -0.39 is 0 Å². The summed E-state index contributed by atoms with van der Waals surface area (Å²) in [4.78, 5) is 15.3. The monoisotopic (exact) mass is 463 g/mol. The Labute approximate surface area is 189 Å². The van der Waals surface area contributed by atoms with Crippen LogP contribution in [0.3, 0.4) is 0 Å². The van der Waals surface area contributed by atoms with E-state index in [0.717, 1.165) is 18.5 Å². The highest BCUT2D eigenvalue weighted by molar-refractivity contribution is 6.43. The van der Waals surface area contributed by atoms with E-state index in [4.69, 9.17) is 37.1 Å². The van der Waals surface area contributed by atoms with Crippen LogP contribution in [0.2, 0.25) is 10.0 Å². The Morgan fingerprint density at radius 1 is 1.19 bits per heavy atom. The molecule has 1 aliphatic rings. The van der Waals surface area contributed by atoms with E-state index in [-0.39, 0.29) is 24.0 Å². The lowest BCUT2D eigenvalue weighted by molar-refractivity contribution is 0.171. The van der Waals surface area contributed by atoms with Gasteiger partial charge < -0.3 is 23.9 Å². The Morgan fingerprint density at radius 3 is 2.61 bits per heavy atom. The van der Waals surface area contributed by atoms with Gasteiger partial charge in [-0.3, -0.25) is 4.79 Å². The number of likely N-dealkylation sites (tertiary alicyclic amines) is 1. The topological polar surface area (TPSA) is 72.1 Å². The summed E-state index contributed by atoms with van der Waals surface area (Å²) in [7, 11) is 5.02. The zero-order valence-corrected chi connectivity index (χ0v) is 19.0. The zero-order chi connectivity index (χ0) is 22.3. The van der Waals surface area contributed by atoms with Gasteiger partial charge in [0, 0.05) is 35.2 Å². The Bertz CT molecular complexity index is 1190. The molecule has 164 valence electrons. The van der Waals surface area contributed by atoms with E-state index in [1.807, 2.05) is 7.05 Å². The van der Waals surface area contributed by atoms with Crippen molar-refractivity contribution in [1.29, 1.82) is 0 Å². The molecule has 0 unspecified atom stereocenters. The number of rotatable bonds is 5. The highest BCUT2D eigenvalue weighted by Crippen LogP contribution is 2.45. The SMILES string of the molecule is COc1cc(OC)c2c(=O)cc(-c3cccc(Cl)c3Cl)oc2c1[C@H]1CCN(C)[C@@H]1CO. The van der Waals surface area contributed by atoms with Crippen LogP contribution in [-0.4, -0.2) is 50.5 Å². The van der Waals surface area contributed by atoms with Gasteiger partial charge in [-0.15, -0.1) is 0 Å². The maximum atomic E-state index is 13.2. The van der Waals surface area contributed by atoms with Crippen LogP contribution in [0.4, 0.5) is 0 Å². The van der Waals surface area contributed by atoms with Crippen LogP contribution >= 0.6 is 23.2 Å². The Morgan fingerprint density at radius 2 is 1.94 bits per heavy atom. The van der Waals surface area contributed by atoms with Crippen molar-refractivity contribution in [2.75, 3.05) is 34.4 Å². The third-order valence-corrected chi connectivity index (χ3v) is 6.82. The number of halogens is 2.